The van der Waals surface area contributed by atoms with Gasteiger partial charge in [-0.25, -0.2) is 9.97 Å². The van der Waals surface area contributed by atoms with Crippen LogP contribution in [0.5, 0.6) is 11.5 Å². The van der Waals surface area contributed by atoms with Crippen LogP contribution in [0.2, 0.25) is 0 Å². The van der Waals surface area contributed by atoms with Crippen LogP contribution in [-0.4, -0.2) is 54.3 Å². The zero-order valence-electron chi connectivity index (χ0n) is 20.7. The number of benzene rings is 2. The van der Waals surface area contributed by atoms with Gasteiger partial charge in [0.2, 0.25) is 5.95 Å². The number of aromatic nitrogens is 2. The monoisotopic (exact) mass is 473 g/mol. The van der Waals surface area contributed by atoms with E-state index < -0.39 is 0 Å². The topological polar surface area (TPSA) is 71.5 Å². The van der Waals surface area contributed by atoms with Gasteiger partial charge in [0.1, 0.15) is 18.1 Å². The van der Waals surface area contributed by atoms with Crippen molar-refractivity contribution in [2.45, 2.75) is 26.8 Å². The summed E-state index contributed by atoms with van der Waals surface area (Å²) in [7, 11) is 0. The molecule has 35 heavy (non-hydrogen) atoms. The molecule has 0 unspecified atom stereocenters. The summed E-state index contributed by atoms with van der Waals surface area (Å²) < 4.78 is 12.1. The van der Waals surface area contributed by atoms with Crippen LogP contribution in [0.3, 0.4) is 0 Å². The van der Waals surface area contributed by atoms with Gasteiger partial charge in [-0.05, 0) is 55.9 Å². The maximum atomic E-state index is 6.18. The highest BCUT2D eigenvalue weighted by Crippen LogP contribution is 2.26. The molecule has 2 N–H and O–H groups in total. The van der Waals surface area contributed by atoms with Crippen LogP contribution in [-0.2, 0) is 6.54 Å². The van der Waals surface area contributed by atoms with Gasteiger partial charge in [0.05, 0.1) is 12.3 Å². The molecule has 0 saturated heterocycles. The predicted octanol–water partition coefficient (Wildman–Crippen LogP) is 5.04. The lowest BCUT2D eigenvalue weighted by molar-refractivity contribution is 0.221. The van der Waals surface area contributed by atoms with E-state index in [1.807, 2.05) is 42.5 Å². The third-order valence-corrected chi connectivity index (χ3v) is 5.96. The Morgan fingerprint density at radius 3 is 2.86 bits per heavy atom. The number of anilines is 2. The van der Waals surface area contributed by atoms with E-state index in [9.17, 15) is 0 Å². The summed E-state index contributed by atoms with van der Waals surface area (Å²) >= 11 is 0. The third-order valence-electron chi connectivity index (χ3n) is 5.96. The van der Waals surface area contributed by atoms with Crippen LogP contribution in [0.1, 0.15) is 25.8 Å². The fourth-order valence-electron chi connectivity index (χ4n) is 3.95. The van der Waals surface area contributed by atoms with Crippen molar-refractivity contribution in [3.8, 4) is 22.8 Å². The summed E-state index contributed by atoms with van der Waals surface area (Å²) in [4.78, 5) is 11.5. The SMILES string of the molecule is CCN(CC)CCOc1ccc2cc1CNC/C=C/CCOc1cccc(c1)-c1ccnc(n1)N2. The summed E-state index contributed by atoms with van der Waals surface area (Å²) in [5.74, 6) is 2.28. The summed E-state index contributed by atoms with van der Waals surface area (Å²) in [6.07, 6.45) is 6.91. The van der Waals surface area contributed by atoms with E-state index >= 15 is 0 Å². The number of ether oxygens (including phenoxy) is 2. The van der Waals surface area contributed by atoms with Crippen LogP contribution in [0.25, 0.3) is 11.3 Å². The first kappa shape index (κ1) is 24.7. The Morgan fingerprint density at radius 1 is 1.06 bits per heavy atom. The Balaban J connectivity index is 1.57. The number of fused-ring (bicyclic) bond motifs is 7. The molecule has 2 aromatic carbocycles. The van der Waals surface area contributed by atoms with E-state index in [0.29, 0.717) is 25.7 Å². The number of rotatable bonds is 6. The molecule has 4 rings (SSSR count). The van der Waals surface area contributed by atoms with Gasteiger partial charge >= 0.3 is 0 Å². The minimum Gasteiger partial charge on any atom is -0.493 e. The van der Waals surface area contributed by atoms with Gasteiger partial charge in [-0.15, -0.1) is 0 Å². The molecule has 6 bridgehead atoms. The van der Waals surface area contributed by atoms with Crippen molar-refractivity contribution in [3.05, 3.63) is 72.4 Å². The number of hydrogen-bond acceptors (Lipinski definition) is 7. The van der Waals surface area contributed by atoms with Crippen LogP contribution in [0, 0.1) is 0 Å². The number of hydrogen-bond donors (Lipinski definition) is 2. The van der Waals surface area contributed by atoms with E-state index in [4.69, 9.17) is 14.5 Å². The number of nitrogens with zero attached hydrogens (tertiary/aromatic N) is 3. The second-order valence-electron chi connectivity index (χ2n) is 8.36. The van der Waals surface area contributed by atoms with Crippen LogP contribution < -0.4 is 20.1 Å². The second kappa shape index (κ2) is 12.9. The molecule has 7 heteroatoms. The largest absolute Gasteiger partial charge is 0.493 e. The van der Waals surface area contributed by atoms with Crippen molar-refractivity contribution in [2.75, 3.05) is 44.7 Å². The Hall–Kier alpha value is -3.42. The highest BCUT2D eigenvalue weighted by Gasteiger charge is 2.09. The Labute approximate surface area is 208 Å². The minimum absolute atomic E-state index is 0.548. The average molecular weight is 474 g/mol. The second-order valence-corrected chi connectivity index (χ2v) is 8.36. The molecule has 0 radical (unpaired) electrons. The summed E-state index contributed by atoms with van der Waals surface area (Å²) in [6.45, 7) is 10.1. The molecule has 7 nitrogen and oxygen atoms in total. The maximum absolute atomic E-state index is 6.18. The van der Waals surface area contributed by atoms with Crippen molar-refractivity contribution < 1.29 is 9.47 Å². The molecule has 0 saturated carbocycles. The van der Waals surface area contributed by atoms with E-state index in [1.54, 1.807) is 6.20 Å². The van der Waals surface area contributed by atoms with Crippen LogP contribution in [0.15, 0.2) is 66.9 Å². The summed E-state index contributed by atoms with van der Waals surface area (Å²) in [5, 5.41) is 6.85. The van der Waals surface area contributed by atoms with Gasteiger partial charge in [0, 0.05) is 42.6 Å². The van der Waals surface area contributed by atoms with Crippen molar-refractivity contribution in [1.29, 1.82) is 0 Å². The molecular formula is C28H35N5O2. The van der Waals surface area contributed by atoms with Gasteiger partial charge in [-0.3, -0.25) is 0 Å². The minimum atomic E-state index is 0.548. The zero-order chi connectivity index (χ0) is 24.3. The molecule has 3 aromatic rings. The standard InChI is InChI=1S/C28H35N5O2/c1-3-33(4-2)16-18-35-27-12-11-24-19-23(27)21-29-14-6-5-7-17-34-25-10-8-9-22(20-25)26-13-15-30-28(31-24)32-26/h5-6,8-13,15,19-20,29H,3-4,7,14,16-18,21H2,1-2H3,(H,30,31,32)/b6-5+. The van der Waals surface area contributed by atoms with Gasteiger partial charge < -0.3 is 25.0 Å². The smallest absolute Gasteiger partial charge is 0.227 e. The van der Waals surface area contributed by atoms with Crippen molar-refractivity contribution in [1.82, 2.24) is 20.2 Å². The highest BCUT2D eigenvalue weighted by molar-refractivity contribution is 5.64. The molecule has 2 heterocycles. The lowest BCUT2D eigenvalue weighted by Gasteiger charge is -2.19. The molecule has 0 fully saturated rings. The first-order valence-corrected chi connectivity index (χ1v) is 12.4. The molecular weight excluding hydrogens is 438 g/mol. The zero-order valence-corrected chi connectivity index (χ0v) is 20.7. The lowest BCUT2D eigenvalue weighted by atomic mass is 10.1. The van der Waals surface area contributed by atoms with Gasteiger partial charge in [-0.2, -0.15) is 0 Å². The van der Waals surface area contributed by atoms with Crippen molar-refractivity contribution in [3.63, 3.8) is 0 Å². The van der Waals surface area contributed by atoms with Crippen LogP contribution in [0.4, 0.5) is 11.6 Å². The van der Waals surface area contributed by atoms with E-state index in [-0.39, 0.29) is 0 Å². The molecule has 0 atom stereocenters. The van der Waals surface area contributed by atoms with Gasteiger partial charge in [0.25, 0.3) is 0 Å². The Morgan fingerprint density at radius 2 is 1.97 bits per heavy atom. The maximum Gasteiger partial charge on any atom is 0.227 e. The average Bonchev–Trinajstić information content (AvgIpc) is 2.89. The van der Waals surface area contributed by atoms with Crippen LogP contribution >= 0.6 is 0 Å². The molecule has 1 aromatic heterocycles. The first-order valence-electron chi connectivity index (χ1n) is 12.4. The highest BCUT2D eigenvalue weighted by atomic mass is 16.5. The Kier molecular flexibility index (Phi) is 9.09. The van der Waals surface area contributed by atoms with Crippen molar-refractivity contribution >= 4 is 11.6 Å². The van der Waals surface area contributed by atoms with Gasteiger partial charge in [0.15, 0.2) is 0 Å². The first-order chi connectivity index (χ1) is 17.2. The molecule has 0 amide bonds. The molecule has 1 aliphatic heterocycles. The molecule has 184 valence electrons. The summed E-state index contributed by atoms with van der Waals surface area (Å²) in [5.41, 5.74) is 3.85. The van der Waals surface area contributed by atoms with Crippen molar-refractivity contribution in [2.24, 2.45) is 0 Å². The van der Waals surface area contributed by atoms with E-state index in [2.05, 4.69) is 52.6 Å². The number of nitrogens with one attached hydrogen (secondary N) is 2. The van der Waals surface area contributed by atoms with Gasteiger partial charge in [-0.1, -0.05) is 38.1 Å². The molecule has 1 aliphatic rings. The Bertz CT molecular complexity index is 1110. The lowest BCUT2D eigenvalue weighted by Crippen LogP contribution is -2.28. The third kappa shape index (κ3) is 7.28. The fraction of sp³-hybridized carbons (Fsp3) is 0.357. The molecule has 0 spiro atoms. The summed E-state index contributed by atoms with van der Waals surface area (Å²) in [6, 6.07) is 16.1. The fourth-order valence-corrected chi connectivity index (χ4v) is 3.95. The quantitative estimate of drug-likeness (QED) is 0.486. The number of likely N-dealkylation sites (N-methyl/N-ethyl adjacent to an activating group) is 1. The van der Waals surface area contributed by atoms with E-state index in [1.165, 1.54) is 0 Å². The normalized spacial score (nSPS) is 14.8. The predicted molar refractivity (Wildman–Crippen MR) is 141 cm³/mol. The van der Waals surface area contributed by atoms with E-state index in [0.717, 1.165) is 66.6 Å². The molecule has 0 aliphatic carbocycles.